The van der Waals surface area contributed by atoms with Crippen LogP contribution in [0.5, 0.6) is 5.75 Å². The van der Waals surface area contributed by atoms with Crippen molar-refractivity contribution in [3.63, 3.8) is 0 Å². The summed E-state index contributed by atoms with van der Waals surface area (Å²) in [6.07, 6.45) is -0.142. The minimum Gasteiger partial charge on any atom is -0.508 e. The highest BCUT2D eigenvalue weighted by Gasteiger charge is 2.30. The van der Waals surface area contributed by atoms with Gasteiger partial charge in [0.05, 0.1) is 12.5 Å². The summed E-state index contributed by atoms with van der Waals surface area (Å²) < 4.78 is 0. The molecular weight excluding hydrogens is 520 g/mol. The van der Waals surface area contributed by atoms with E-state index < -0.39 is 60.2 Å². The summed E-state index contributed by atoms with van der Waals surface area (Å²) in [6.45, 7) is 0.265. The predicted octanol–water partition coefficient (Wildman–Crippen LogP) is -3.34. The Morgan fingerprint density at radius 1 is 0.895 bits per heavy atom. The second kappa shape index (κ2) is 15.9. The Labute approximate surface area is 224 Å². The van der Waals surface area contributed by atoms with Gasteiger partial charge < -0.3 is 49.1 Å². The third-order valence-electron chi connectivity index (χ3n) is 5.15. The van der Waals surface area contributed by atoms with E-state index >= 15 is 0 Å². The number of carboxylic acids is 1. The summed E-state index contributed by atoms with van der Waals surface area (Å²) in [7, 11) is 0. The summed E-state index contributed by atoms with van der Waals surface area (Å²) in [4.78, 5) is 64.8. The highest BCUT2D eigenvalue weighted by atomic mass is 32.1. The summed E-state index contributed by atoms with van der Waals surface area (Å²) in [5, 5.41) is 25.9. The van der Waals surface area contributed by atoms with Crippen LogP contribution in [0.3, 0.4) is 0 Å². The number of amides is 4. The van der Waals surface area contributed by atoms with Gasteiger partial charge in [-0.1, -0.05) is 12.1 Å². The van der Waals surface area contributed by atoms with Crippen molar-refractivity contribution in [1.82, 2.24) is 16.0 Å². The van der Waals surface area contributed by atoms with Crippen molar-refractivity contribution in [1.29, 1.82) is 0 Å². The Morgan fingerprint density at radius 3 is 1.97 bits per heavy atom. The van der Waals surface area contributed by atoms with Crippen molar-refractivity contribution in [2.24, 2.45) is 27.9 Å². The van der Waals surface area contributed by atoms with E-state index in [0.29, 0.717) is 12.0 Å². The van der Waals surface area contributed by atoms with Gasteiger partial charge in [0, 0.05) is 18.7 Å². The van der Waals surface area contributed by atoms with Crippen LogP contribution < -0.4 is 38.9 Å². The molecule has 4 atom stereocenters. The molecule has 0 aromatic heterocycles. The molecule has 0 heterocycles. The van der Waals surface area contributed by atoms with Crippen LogP contribution in [0.2, 0.25) is 0 Å². The van der Waals surface area contributed by atoms with E-state index in [1.807, 2.05) is 0 Å². The number of aromatic hydroxyl groups is 1. The van der Waals surface area contributed by atoms with Crippen LogP contribution in [0.15, 0.2) is 29.3 Å². The Balaban J connectivity index is 2.97. The fourth-order valence-corrected chi connectivity index (χ4v) is 3.40. The van der Waals surface area contributed by atoms with Crippen molar-refractivity contribution in [2.75, 3.05) is 12.3 Å². The number of carbonyl (C=O) groups is 5. The molecule has 4 unspecified atom stereocenters. The number of primary amides is 1. The molecule has 1 aromatic carbocycles. The molecule has 16 heteroatoms. The van der Waals surface area contributed by atoms with Crippen LogP contribution in [0.1, 0.15) is 24.8 Å². The molecule has 0 aliphatic heterocycles. The number of aliphatic carboxylic acids is 1. The Kier molecular flexibility index (Phi) is 13.4. The van der Waals surface area contributed by atoms with Gasteiger partial charge in [0.1, 0.15) is 23.9 Å². The van der Waals surface area contributed by atoms with E-state index in [9.17, 15) is 34.2 Å². The zero-order valence-electron chi connectivity index (χ0n) is 20.5. The smallest absolute Gasteiger partial charge is 0.326 e. The SMILES string of the molecule is NC(=O)CC(NC(=O)C(Cc1ccc(O)cc1)NC(=O)C(CS)NC(=O)C(N)CCCN=C(N)N)C(=O)O. The van der Waals surface area contributed by atoms with Crippen molar-refractivity contribution in [2.45, 2.75) is 49.9 Å². The molecule has 15 nitrogen and oxygen atoms in total. The molecule has 0 fully saturated rings. The fourth-order valence-electron chi connectivity index (χ4n) is 3.15. The summed E-state index contributed by atoms with van der Waals surface area (Å²) in [5.41, 5.74) is 21.9. The van der Waals surface area contributed by atoms with E-state index in [0.717, 1.165) is 0 Å². The number of guanidine groups is 1. The van der Waals surface area contributed by atoms with Gasteiger partial charge in [-0.25, -0.2) is 4.79 Å². The molecule has 1 aromatic rings. The second-order valence-electron chi connectivity index (χ2n) is 8.30. The number of hydrogen-bond acceptors (Lipinski definition) is 9. The van der Waals surface area contributed by atoms with E-state index in [4.69, 9.17) is 22.9 Å². The maximum atomic E-state index is 13.0. The highest BCUT2D eigenvalue weighted by molar-refractivity contribution is 7.80. The van der Waals surface area contributed by atoms with E-state index in [-0.39, 0.29) is 36.8 Å². The van der Waals surface area contributed by atoms with Crippen molar-refractivity contribution in [3.05, 3.63) is 29.8 Å². The molecule has 0 aliphatic carbocycles. The molecule has 13 N–H and O–H groups in total. The van der Waals surface area contributed by atoms with Gasteiger partial charge in [-0.15, -0.1) is 0 Å². The summed E-state index contributed by atoms with van der Waals surface area (Å²) in [6, 6.07) is 0.616. The number of nitrogens with zero attached hydrogens (tertiary/aromatic N) is 1. The first-order valence-corrected chi connectivity index (χ1v) is 12.1. The van der Waals surface area contributed by atoms with E-state index in [1.54, 1.807) is 0 Å². The lowest BCUT2D eigenvalue weighted by Gasteiger charge is -2.24. The van der Waals surface area contributed by atoms with Gasteiger partial charge >= 0.3 is 5.97 Å². The van der Waals surface area contributed by atoms with Crippen LogP contribution in [0.4, 0.5) is 0 Å². The zero-order chi connectivity index (χ0) is 28.8. The Morgan fingerprint density at radius 2 is 1.45 bits per heavy atom. The van der Waals surface area contributed by atoms with Crippen LogP contribution in [-0.2, 0) is 30.4 Å². The van der Waals surface area contributed by atoms with Crippen LogP contribution in [0.25, 0.3) is 0 Å². The topological polar surface area (TPSA) is 278 Å². The number of phenols is 1. The third-order valence-corrected chi connectivity index (χ3v) is 5.51. The van der Waals surface area contributed by atoms with E-state index in [2.05, 4.69) is 33.6 Å². The van der Waals surface area contributed by atoms with Crippen LogP contribution in [0, 0.1) is 0 Å². The lowest BCUT2D eigenvalue weighted by atomic mass is 10.0. The minimum absolute atomic E-state index is 0.0290. The number of hydrogen-bond donors (Lipinski definition) is 10. The number of aliphatic imine (C=N–C) groups is 1. The molecule has 4 amide bonds. The van der Waals surface area contributed by atoms with Crippen molar-refractivity contribution >= 4 is 48.2 Å². The second-order valence-corrected chi connectivity index (χ2v) is 8.67. The molecule has 0 saturated carbocycles. The van der Waals surface area contributed by atoms with Gasteiger partial charge in [-0.2, -0.15) is 12.6 Å². The first kappa shape index (κ1) is 32.0. The maximum Gasteiger partial charge on any atom is 0.326 e. The normalized spacial score (nSPS) is 13.7. The molecule has 38 heavy (non-hydrogen) atoms. The summed E-state index contributed by atoms with van der Waals surface area (Å²) in [5.74, 6) is -5.07. The first-order valence-electron chi connectivity index (χ1n) is 11.5. The van der Waals surface area contributed by atoms with Crippen molar-refractivity contribution < 1.29 is 34.2 Å². The molecule has 1 rings (SSSR count). The Bertz CT molecular complexity index is 1020. The monoisotopic (exact) mass is 554 g/mol. The molecule has 0 bridgehead atoms. The van der Waals surface area contributed by atoms with E-state index in [1.165, 1.54) is 24.3 Å². The molecule has 0 spiro atoms. The standard InChI is InChI=1S/C22H34N8O7S/c23-13(2-1-7-27-22(25)26)18(33)30-16(10-38)20(35)28-14(8-11-3-5-12(31)6-4-11)19(34)29-15(21(36)37)9-17(24)32/h3-6,13-16,31,38H,1-2,7-10,23H2,(H2,24,32)(H,28,35)(H,29,34)(H,30,33)(H,36,37)(H4,25,26,27). The molecular formula is C22H34N8O7S. The number of thiol groups is 1. The minimum atomic E-state index is -1.63. The maximum absolute atomic E-state index is 13.0. The molecule has 210 valence electrons. The van der Waals surface area contributed by atoms with Gasteiger partial charge in [0.15, 0.2) is 5.96 Å². The van der Waals surface area contributed by atoms with Gasteiger partial charge in [0.25, 0.3) is 0 Å². The van der Waals surface area contributed by atoms with Crippen LogP contribution >= 0.6 is 12.6 Å². The highest BCUT2D eigenvalue weighted by Crippen LogP contribution is 2.12. The number of rotatable bonds is 16. The quantitative estimate of drug-likeness (QED) is 0.0419. The average molecular weight is 555 g/mol. The number of carbonyl (C=O) groups excluding carboxylic acids is 4. The zero-order valence-corrected chi connectivity index (χ0v) is 21.4. The first-order chi connectivity index (χ1) is 17.8. The fraction of sp³-hybridized carbons (Fsp3) is 0.455. The average Bonchev–Trinajstić information content (AvgIpc) is 2.84. The van der Waals surface area contributed by atoms with Crippen molar-refractivity contribution in [3.8, 4) is 5.75 Å². The number of nitrogens with two attached hydrogens (primary N) is 4. The lowest BCUT2D eigenvalue weighted by Crippen LogP contribution is -2.58. The Hall–Kier alpha value is -4.05. The predicted molar refractivity (Wildman–Crippen MR) is 141 cm³/mol. The lowest BCUT2D eigenvalue weighted by molar-refractivity contribution is -0.143. The van der Waals surface area contributed by atoms with Gasteiger partial charge in [-0.05, 0) is 30.5 Å². The molecule has 0 saturated heterocycles. The largest absolute Gasteiger partial charge is 0.508 e. The summed E-state index contributed by atoms with van der Waals surface area (Å²) >= 11 is 4.09. The number of nitrogens with one attached hydrogen (secondary N) is 3. The number of benzene rings is 1. The molecule has 0 aliphatic rings. The van der Waals surface area contributed by atoms with Gasteiger partial charge in [0.2, 0.25) is 23.6 Å². The van der Waals surface area contributed by atoms with Gasteiger partial charge in [-0.3, -0.25) is 24.2 Å². The molecule has 0 radical (unpaired) electrons. The number of phenolic OH excluding ortho intramolecular Hbond substituents is 1. The van der Waals surface area contributed by atoms with Crippen LogP contribution in [-0.4, -0.2) is 82.2 Å². The third kappa shape index (κ3) is 11.8. The number of carboxylic acid groups (broad SMARTS) is 1.